The third kappa shape index (κ3) is 3.47. The maximum Gasteiger partial charge on any atom is 0.289 e. The second kappa shape index (κ2) is 6.55. The molecule has 2 aromatic rings. The van der Waals surface area contributed by atoms with Gasteiger partial charge in [-0.1, -0.05) is 6.92 Å². The molecule has 0 aliphatic carbocycles. The summed E-state index contributed by atoms with van der Waals surface area (Å²) in [4.78, 5) is 35.2. The van der Waals surface area contributed by atoms with E-state index in [4.69, 9.17) is 0 Å². The van der Waals surface area contributed by atoms with Crippen molar-refractivity contribution in [3.63, 3.8) is 0 Å². The Balaban J connectivity index is 1.90. The zero-order valence-electron chi connectivity index (χ0n) is 11.1. The number of nitrogens with one attached hydrogen (secondary N) is 1. The van der Waals surface area contributed by atoms with Crippen molar-refractivity contribution in [2.45, 2.75) is 19.9 Å². The topological polar surface area (TPSA) is 89.8 Å². The highest BCUT2D eigenvalue weighted by atomic mass is 16.2. The number of amides is 1. The quantitative estimate of drug-likeness (QED) is 0.829. The molecule has 104 valence electrons. The van der Waals surface area contributed by atoms with Crippen molar-refractivity contribution in [1.82, 2.24) is 24.8 Å². The van der Waals surface area contributed by atoms with Gasteiger partial charge in [-0.3, -0.25) is 14.2 Å². The molecular weight excluding hydrogens is 258 g/mol. The summed E-state index contributed by atoms with van der Waals surface area (Å²) in [6.45, 7) is 2.60. The van der Waals surface area contributed by atoms with Gasteiger partial charge in [0, 0.05) is 37.2 Å². The highest BCUT2D eigenvalue weighted by molar-refractivity contribution is 5.90. The van der Waals surface area contributed by atoms with Crippen molar-refractivity contribution >= 4 is 5.91 Å². The lowest BCUT2D eigenvalue weighted by atomic mass is 10.3. The fraction of sp³-hybridized carbons (Fsp3) is 0.308. The van der Waals surface area contributed by atoms with Crippen LogP contribution in [-0.4, -0.2) is 32.0 Å². The van der Waals surface area contributed by atoms with Crippen molar-refractivity contribution in [2.24, 2.45) is 0 Å². The van der Waals surface area contributed by atoms with Gasteiger partial charge in [0.05, 0.1) is 6.33 Å². The Morgan fingerprint density at radius 1 is 1.30 bits per heavy atom. The van der Waals surface area contributed by atoms with Gasteiger partial charge < -0.3 is 5.32 Å². The van der Waals surface area contributed by atoms with Gasteiger partial charge >= 0.3 is 0 Å². The molecule has 20 heavy (non-hydrogen) atoms. The van der Waals surface area contributed by atoms with E-state index in [1.54, 1.807) is 6.07 Å². The summed E-state index contributed by atoms with van der Waals surface area (Å²) in [5, 5.41) is 2.65. The molecular formula is C13H15N5O2. The first kappa shape index (κ1) is 13.9. The Hall–Kier alpha value is -2.57. The van der Waals surface area contributed by atoms with Crippen LogP contribution in [-0.2, 0) is 13.0 Å². The van der Waals surface area contributed by atoms with Gasteiger partial charge in [-0.25, -0.2) is 15.0 Å². The van der Waals surface area contributed by atoms with E-state index in [1.807, 2.05) is 6.92 Å². The monoisotopic (exact) mass is 273 g/mol. The molecule has 7 heteroatoms. The molecule has 0 unspecified atom stereocenters. The van der Waals surface area contributed by atoms with E-state index in [1.165, 1.54) is 29.4 Å². The Morgan fingerprint density at radius 2 is 2.05 bits per heavy atom. The molecule has 0 saturated carbocycles. The van der Waals surface area contributed by atoms with Crippen molar-refractivity contribution in [2.75, 3.05) is 6.54 Å². The van der Waals surface area contributed by atoms with Crippen molar-refractivity contribution in [3.8, 4) is 0 Å². The molecule has 0 aliphatic heterocycles. The van der Waals surface area contributed by atoms with Gasteiger partial charge in [0.2, 0.25) is 5.82 Å². The number of carbonyl (C=O) groups is 1. The lowest BCUT2D eigenvalue weighted by Crippen LogP contribution is -2.31. The average Bonchev–Trinajstić information content (AvgIpc) is 2.49. The van der Waals surface area contributed by atoms with Crippen LogP contribution >= 0.6 is 0 Å². The van der Waals surface area contributed by atoms with Gasteiger partial charge in [0.15, 0.2) is 0 Å². The fourth-order valence-electron chi connectivity index (χ4n) is 1.61. The fourth-order valence-corrected chi connectivity index (χ4v) is 1.61. The predicted octanol–water partition coefficient (Wildman–Crippen LogP) is 0.0257. The molecule has 0 atom stereocenters. The Kier molecular flexibility index (Phi) is 4.54. The first-order valence-electron chi connectivity index (χ1n) is 6.31. The number of aromatic nitrogens is 4. The first-order chi connectivity index (χ1) is 9.70. The number of hydrogen-bond acceptors (Lipinski definition) is 5. The SMILES string of the molecule is CCc1cc(=O)n(CCNC(=O)c2ncccn2)cn1. The number of carbonyl (C=O) groups excluding carboxylic acids is 1. The van der Waals surface area contributed by atoms with Crippen molar-refractivity contribution in [3.05, 3.63) is 52.7 Å². The molecule has 7 nitrogen and oxygen atoms in total. The van der Waals surface area contributed by atoms with Crippen LogP contribution in [0.15, 0.2) is 35.6 Å². The van der Waals surface area contributed by atoms with Gasteiger partial charge in [-0.05, 0) is 12.5 Å². The van der Waals surface area contributed by atoms with Crippen LogP contribution in [0.5, 0.6) is 0 Å². The second-order valence-corrected chi connectivity index (χ2v) is 4.09. The number of nitrogens with zero attached hydrogens (tertiary/aromatic N) is 4. The highest BCUT2D eigenvalue weighted by Crippen LogP contribution is 1.90. The molecule has 0 fully saturated rings. The average molecular weight is 273 g/mol. The standard InChI is InChI=1S/C13H15N5O2/c1-2-10-8-11(19)18(9-17-10)7-6-16-13(20)12-14-4-3-5-15-12/h3-5,8-9H,2,6-7H2,1H3,(H,16,20). The summed E-state index contributed by atoms with van der Waals surface area (Å²) >= 11 is 0. The summed E-state index contributed by atoms with van der Waals surface area (Å²) in [5.74, 6) is -0.254. The molecule has 0 spiro atoms. The summed E-state index contributed by atoms with van der Waals surface area (Å²) in [7, 11) is 0. The van der Waals surface area contributed by atoms with E-state index in [0.29, 0.717) is 13.1 Å². The van der Waals surface area contributed by atoms with Crippen molar-refractivity contribution < 1.29 is 4.79 Å². The minimum absolute atomic E-state index is 0.110. The van der Waals surface area contributed by atoms with E-state index in [0.717, 1.165) is 12.1 Å². The maximum absolute atomic E-state index is 11.7. The number of aryl methyl sites for hydroxylation is 1. The van der Waals surface area contributed by atoms with Crippen LogP contribution in [0.1, 0.15) is 23.2 Å². The third-order valence-electron chi connectivity index (χ3n) is 2.71. The maximum atomic E-state index is 11.7. The van der Waals surface area contributed by atoms with Crippen LogP contribution < -0.4 is 10.9 Å². The van der Waals surface area contributed by atoms with E-state index < -0.39 is 0 Å². The molecule has 0 bridgehead atoms. The Labute approximate surface area is 115 Å². The zero-order valence-corrected chi connectivity index (χ0v) is 11.1. The lowest BCUT2D eigenvalue weighted by molar-refractivity contribution is 0.0941. The highest BCUT2D eigenvalue weighted by Gasteiger charge is 2.07. The minimum Gasteiger partial charge on any atom is -0.348 e. The van der Waals surface area contributed by atoms with Crippen LogP contribution in [0.2, 0.25) is 0 Å². The number of rotatable bonds is 5. The molecule has 0 radical (unpaired) electrons. The Morgan fingerprint density at radius 3 is 2.70 bits per heavy atom. The van der Waals surface area contributed by atoms with Crippen LogP contribution in [0.3, 0.4) is 0 Å². The van der Waals surface area contributed by atoms with E-state index in [2.05, 4.69) is 20.3 Å². The summed E-state index contributed by atoms with van der Waals surface area (Å²) < 4.78 is 1.45. The first-order valence-corrected chi connectivity index (χ1v) is 6.31. The molecule has 2 heterocycles. The van der Waals surface area contributed by atoms with E-state index in [-0.39, 0.29) is 17.3 Å². The molecule has 0 saturated heterocycles. The normalized spacial score (nSPS) is 10.2. The lowest BCUT2D eigenvalue weighted by Gasteiger charge is -2.07. The van der Waals surface area contributed by atoms with Gasteiger partial charge in [-0.2, -0.15) is 0 Å². The minimum atomic E-state index is -0.364. The Bertz CT molecular complexity index is 639. The summed E-state index contributed by atoms with van der Waals surface area (Å²) in [5.41, 5.74) is 0.634. The third-order valence-corrected chi connectivity index (χ3v) is 2.71. The largest absolute Gasteiger partial charge is 0.348 e. The number of hydrogen-bond donors (Lipinski definition) is 1. The molecule has 0 aromatic carbocycles. The van der Waals surface area contributed by atoms with Crippen molar-refractivity contribution in [1.29, 1.82) is 0 Å². The van der Waals surface area contributed by atoms with Crippen LogP contribution in [0.4, 0.5) is 0 Å². The smallest absolute Gasteiger partial charge is 0.289 e. The summed E-state index contributed by atoms with van der Waals surface area (Å²) in [6.07, 6.45) is 5.21. The summed E-state index contributed by atoms with van der Waals surface area (Å²) in [6, 6.07) is 3.14. The van der Waals surface area contributed by atoms with Gasteiger partial charge in [0.1, 0.15) is 0 Å². The van der Waals surface area contributed by atoms with E-state index >= 15 is 0 Å². The molecule has 2 rings (SSSR count). The van der Waals surface area contributed by atoms with Gasteiger partial charge in [0.25, 0.3) is 11.5 Å². The molecule has 2 aromatic heterocycles. The second-order valence-electron chi connectivity index (χ2n) is 4.09. The van der Waals surface area contributed by atoms with Crippen LogP contribution in [0.25, 0.3) is 0 Å². The molecule has 1 amide bonds. The molecule has 1 N–H and O–H groups in total. The van der Waals surface area contributed by atoms with E-state index in [9.17, 15) is 9.59 Å². The van der Waals surface area contributed by atoms with Gasteiger partial charge in [-0.15, -0.1) is 0 Å². The predicted molar refractivity (Wildman–Crippen MR) is 72.2 cm³/mol. The van der Waals surface area contributed by atoms with Crippen LogP contribution in [0, 0.1) is 0 Å². The zero-order chi connectivity index (χ0) is 14.4. The molecule has 0 aliphatic rings.